The van der Waals surface area contributed by atoms with Gasteiger partial charge in [-0.3, -0.25) is 14.5 Å². The number of hydrogen-bond acceptors (Lipinski definition) is 4. The van der Waals surface area contributed by atoms with Crippen molar-refractivity contribution < 1.29 is 23.8 Å². The zero-order valence-corrected chi connectivity index (χ0v) is 18.3. The van der Waals surface area contributed by atoms with Crippen molar-refractivity contribution in [2.24, 2.45) is 0 Å². The third-order valence-electron chi connectivity index (χ3n) is 6.36. The lowest BCUT2D eigenvalue weighted by atomic mass is 9.94. The van der Waals surface area contributed by atoms with E-state index in [-0.39, 0.29) is 11.3 Å². The first kappa shape index (κ1) is 20.9. The van der Waals surface area contributed by atoms with Crippen LogP contribution in [0.3, 0.4) is 0 Å². The van der Waals surface area contributed by atoms with Crippen LogP contribution in [0.2, 0.25) is 0 Å². The van der Waals surface area contributed by atoms with Crippen LogP contribution in [-0.2, 0) is 16.0 Å². The molecule has 2 aliphatic rings. The van der Waals surface area contributed by atoms with Crippen LogP contribution in [0.25, 0.3) is 5.76 Å². The predicted octanol–water partition coefficient (Wildman–Crippen LogP) is 5.00. The summed E-state index contributed by atoms with van der Waals surface area (Å²) >= 11 is 0. The standard InChI is InChI=1S/C27H22FNO4/c1-15-3-9-21(13-16(15)2)29-24(17-4-7-20(28)8-5-17)23(26(31)27(29)32)25(30)19-6-10-22-18(14-19)11-12-33-22/h3-10,13-14,24,30H,11-12H2,1-2H3/b25-23-. The van der Waals surface area contributed by atoms with Gasteiger partial charge < -0.3 is 9.84 Å². The number of nitrogens with zero attached hydrogens (tertiary/aromatic N) is 1. The number of ether oxygens (including phenoxy) is 1. The van der Waals surface area contributed by atoms with Gasteiger partial charge in [-0.15, -0.1) is 0 Å². The Balaban J connectivity index is 1.71. The maximum absolute atomic E-state index is 13.7. The van der Waals surface area contributed by atoms with E-state index in [1.54, 1.807) is 24.3 Å². The van der Waals surface area contributed by atoms with Crippen LogP contribution in [0.15, 0.2) is 66.2 Å². The van der Waals surface area contributed by atoms with E-state index in [1.165, 1.54) is 29.2 Å². The molecule has 0 spiro atoms. The van der Waals surface area contributed by atoms with Crippen molar-refractivity contribution in [1.29, 1.82) is 0 Å². The molecule has 1 amide bonds. The molecule has 2 heterocycles. The Labute approximate surface area is 190 Å². The van der Waals surface area contributed by atoms with Crippen LogP contribution < -0.4 is 9.64 Å². The van der Waals surface area contributed by atoms with E-state index in [0.717, 1.165) is 22.4 Å². The minimum atomic E-state index is -0.891. The Morgan fingerprint density at radius 1 is 1.00 bits per heavy atom. The number of carbonyl (C=O) groups excluding carboxylic acids is 2. The van der Waals surface area contributed by atoms with Crippen molar-refractivity contribution >= 4 is 23.1 Å². The monoisotopic (exact) mass is 443 g/mol. The number of fused-ring (bicyclic) bond motifs is 1. The number of anilines is 1. The van der Waals surface area contributed by atoms with E-state index >= 15 is 0 Å². The molecule has 6 heteroatoms. The van der Waals surface area contributed by atoms with E-state index in [4.69, 9.17) is 4.74 Å². The minimum absolute atomic E-state index is 0.0244. The summed E-state index contributed by atoms with van der Waals surface area (Å²) < 4.78 is 19.2. The van der Waals surface area contributed by atoms with Crippen molar-refractivity contribution in [2.45, 2.75) is 26.3 Å². The number of aryl methyl sites for hydroxylation is 2. The van der Waals surface area contributed by atoms with Gasteiger partial charge in [-0.05, 0) is 78.6 Å². The molecule has 1 fully saturated rings. The summed E-state index contributed by atoms with van der Waals surface area (Å²) in [4.78, 5) is 27.8. The summed E-state index contributed by atoms with van der Waals surface area (Å²) in [5.74, 6) is -1.46. The number of aliphatic hydroxyl groups is 1. The smallest absolute Gasteiger partial charge is 0.300 e. The van der Waals surface area contributed by atoms with Crippen molar-refractivity contribution in [3.63, 3.8) is 0 Å². The number of Topliss-reactive ketones (excluding diaryl/α,β-unsaturated/α-hetero) is 1. The van der Waals surface area contributed by atoms with Crippen molar-refractivity contribution in [3.05, 3.63) is 99.9 Å². The number of hydrogen-bond donors (Lipinski definition) is 1. The molecule has 0 bridgehead atoms. The molecule has 2 aliphatic heterocycles. The average molecular weight is 443 g/mol. The molecule has 0 radical (unpaired) electrons. The first-order chi connectivity index (χ1) is 15.8. The third-order valence-corrected chi connectivity index (χ3v) is 6.36. The number of rotatable bonds is 3. The van der Waals surface area contributed by atoms with Crippen molar-refractivity contribution in [1.82, 2.24) is 0 Å². The van der Waals surface area contributed by atoms with Crippen LogP contribution in [-0.4, -0.2) is 23.4 Å². The maximum atomic E-state index is 13.7. The number of aliphatic hydroxyl groups excluding tert-OH is 1. The fourth-order valence-electron chi connectivity index (χ4n) is 4.42. The first-order valence-electron chi connectivity index (χ1n) is 10.7. The van der Waals surface area contributed by atoms with Gasteiger partial charge in [0.2, 0.25) is 0 Å². The molecule has 1 unspecified atom stereocenters. The van der Waals surface area contributed by atoms with Gasteiger partial charge in [0.05, 0.1) is 18.2 Å². The van der Waals surface area contributed by atoms with Crippen LogP contribution >= 0.6 is 0 Å². The molecule has 0 aromatic heterocycles. The summed E-state index contributed by atoms with van der Waals surface area (Å²) in [5.41, 5.74) is 4.42. The van der Waals surface area contributed by atoms with Gasteiger partial charge in [0.25, 0.3) is 11.7 Å². The van der Waals surface area contributed by atoms with Gasteiger partial charge in [0, 0.05) is 17.7 Å². The minimum Gasteiger partial charge on any atom is -0.507 e. The van der Waals surface area contributed by atoms with Crippen molar-refractivity contribution in [3.8, 4) is 5.75 Å². The zero-order chi connectivity index (χ0) is 23.3. The molecule has 33 heavy (non-hydrogen) atoms. The fraction of sp³-hybridized carbons (Fsp3) is 0.185. The van der Waals surface area contributed by atoms with E-state index < -0.39 is 23.5 Å². The summed E-state index contributed by atoms with van der Waals surface area (Å²) in [5, 5.41) is 11.3. The SMILES string of the molecule is Cc1ccc(N2C(=O)C(=O)/C(=C(\O)c3ccc4c(c3)CCO4)C2c2ccc(F)cc2)cc1C. The molecular weight excluding hydrogens is 421 g/mol. The Hall–Kier alpha value is -3.93. The van der Waals surface area contributed by atoms with Crippen LogP contribution in [0.1, 0.15) is 33.9 Å². The van der Waals surface area contributed by atoms with Gasteiger partial charge in [-0.1, -0.05) is 18.2 Å². The third kappa shape index (κ3) is 3.48. The average Bonchev–Trinajstić information content (AvgIpc) is 3.38. The highest BCUT2D eigenvalue weighted by Gasteiger charge is 2.47. The van der Waals surface area contributed by atoms with Crippen molar-refractivity contribution in [2.75, 3.05) is 11.5 Å². The molecule has 1 N–H and O–H groups in total. The Kier molecular flexibility index (Phi) is 5.01. The predicted molar refractivity (Wildman–Crippen MR) is 123 cm³/mol. The molecule has 1 saturated heterocycles. The topological polar surface area (TPSA) is 66.8 Å². The summed E-state index contributed by atoms with van der Waals surface area (Å²) in [7, 11) is 0. The molecule has 5 rings (SSSR count). The second-order valence-electron chi connectivity index (χ2n) is 8.41. The molecule has 0 aliphatic carbocycles. The van der Waals surface area contributed by atoms with Crippen LogP contribution in [0, 0.1) is 19.7 Å². The summed E-state index contributed by atoms with van der Waals surface area (Å²) in [6.07, 6.45) is 0.703. The summed E-state index contributed by atoms with van der Waals surface area (Å²) in [6, 6.07) is 15.4. The zero-order valence-electron chi connectivity index (χ0n) is 18.3. The van der Waals surface area contributed by atoms with E-state index in [9.17, 15) is 19.1 Å². The Bertz CT molecular complexity index is 1330. The van der Waals surface area contributed by atoms with Gasteiger partial charge in [0.1, 0.15) is 17.3 Å². The quantitative estimate of drug-likeness (QED) is 0.351. The van der Waals surface area contributed by atoms with E-state index in [2.05, 4.69) is 0 Å². The molecule has 166 valence electrons. The highest BCUT2D eigenvalue weighted by atomic mass is 19.1. The van der Waals surface area contributed by atoms with Crippen LogP contribution in [0.5, 0.6) is 5.75 Å². The molecule has 3 aromatic carbocycles. The van der Waals surface area contributed by atoms with Gasteiger partial charge in [0.15, 0.2) is 0 Å². The van der Waals surface area contributed by atoms with E-state index in [0.29, 0.717) is 29.8 Å². The second kappa shape index (κ2) is 7.89. The molecule has 3 aromatic rings. The number of ketones is 1. The molecule has 5 nitrogen and oxygen atoms in total. The number of amides is 1. The lowest BCUT2D eigenvalue weighted by Crippen LogP contribution is -2.29. The molecular formula is C27H22FNO4. The first-order valence-corrected chi connectivity index (χ1v) is 10.7. The fourth-order valence-corrected chi connectivity index (χ4v) is 4.42. The number of halogens is 1. The maximum Gasteiger partial charge on any atom is 0.300 e. The highest BCUT2D eigenvalue weighted by molar-refractivity contribution is 6.51. The normalized spacial score (nSPS) is 19.0. The number of carbonyl (C=O) groups is 2. The number of benzene rings is 3. The van der Waals surface area contributed by atoms with Gasteiger partial charge >= 0.3 is 0 Å². The lowest BCUT2D eigenvalue weighted by Gasteiger charge is -2.26. The second-order valence-corrected chi connectivity index (χ2v) is 8.41. The Morgan fingerprint density at radius 2 is 1.76 bits per heavy atom. The molecule has 0 saturated carbocycles. The Morgan fingerprint density at radius 3 is 2.48 bits per heavy atom. The molecule has 1 atom stereocenters. The summed E-state index contributed by atoms with van der Waals surface area (Å²) in [6.45, 7) is 4.45. The lowest BCUT2D eigenvalue weighted by molar-refractivity contribution is -0.132. The van der Waals surface area contributed by atoms with Gasteiger partial charge in [-0.25, -0.2) is 4.39 Å². The van der Waals surface area contributed by atoms with Gasteiger partial charge in [-0.2, -0.15) is 0 Å². The highest BCUT2D eigenvalue weighted by Crippen LogP contribution is 2.43. The van der Waals surface area contributed by atoms with Crippen LogP contribution in [0.4, 0.5) is 10.1 Å². The van der Waals surface area contributed by atoms with E-state index in [1.807, 2.05) is 26.0 Å². The largest absolute Gasteiger partial charge is 0.507 e.